The minimum Gasteiger partial charge on any atom is -0.492 e. The van der Waals surface area contributed by atoms with E-state index >= 15 is 0 Å². The van der Waals surface area contributed by atoms with Crippen molar-refractivity contribution in [3.63, 3.8) is 0 Å². The molecule has 3 rings (SSSR count). The molecule has 0 atom stereocenters. The predicted octanol–water partition coefficient (Wildman–Crippen LogP) is 3.90. The van der Waals surface area contributed by atoms with Crippen LogP contribution in [-0.2, 0) is 10.0 Å². The minimum atomic E-state index is -3.82. The van der Waals surface area contributed by atoms with Crippen molar-refractivity contribution in [2.45, 2.75) is 23.8 Å². The Hall–Kier alpha value is -1.51. The number of hydrogen-bond acceptors (Lipinski definition) is 4. The molecule has 0 aromatic heterocycles. The molecule has 1 saturated carbocycles. The standard InChI is InChI=1S/C18H17Cl3N2O4S/c19-11-2-1-3-13(8-11)27-7-6-22-18(24)14-9-17(16(21)10-15(14)20)28(25,26)23-12-4-5-12/h1-3,8-10,12,23H,4-7H2,(H,22,24). The Labute approximate surface area is 178 Å². The average molecular weight is 464 g/mol. The van der Waals surface area contributed by atoms with Crippen LogP contribution in [0.25, 0.3) is 0 Å². The summed E-state index contributed by atoms with van der Waals surface area (Å²) in [6.45, 7) is 0.387. The number of sulfonamides is 1. The van der Waals surface area contributed by atoms with Gasteiger partial charge in [0.1, 0.15) is 17.3 Å². The summed E-state index contributed by atoms with van der Waals surface area (Å²) < 4.78 is 32.9. The molecule has 1 fully saturated rings. The maximum absolute atomic E-state index is 12.4. The Morgan fingerprint density at radius 1 is 1.11 bits per heavy atom. The van der Waals surface area contributed by atoms with E-state index in [9.17, 15) is 13.2 Å². The van der Waals surface area contributed by atoms with E-state index in [0.717, 1.165) is 12.8 Å². The number of nitrogens with one attached hydrogen (secondary N) is 2. The smallest absolute Gasteiger partial charge is 0.252 e. The van der Waals surface area contributed by atoms with E-state index in [1.165, 1.54) is 12.1 Å². The molecule has 2 N–H and O–H groups in total. The molecule has 1 aliphatic rings. The van der Waals surface area contributed by atoms with Crippen LogP contribution in [0.1, 0.15) is 23.2 Å². The molecule has 0 heterocycles. The van der Waals surface area contributed by atoms with Crippen LogP contribution < -0.4 is 14.8 Å². The maximum atomic E-state index is 12.4. The van der Waals surface area contributed by atoms with E-state index in [2.05, 4.69) is 10.0 Å². The third kappa shape index (κ3) is 5.52. The zero-order chi connectivity index (χ0) is 20.3. The second-order valence-electron chi connectivity index (χ2n) is 6.22. The number of rotatable bonds is 8. The zero-order valence-corrected chi connectivity index (χ0v) is 17.6. The van der Waals surface area contributed by atoms with Crippen molar-refractivity contribution in [2.24, 2.45) is 0 Å². The van der Waals surface area contributed by atoms with Crippen LogP contribution in [0.5, 0.6) is 5.75 Å². The lowest BCUT2D eigenvalue weighted by Gasteiger charge is -2.12. The molecule has 10 heteroatoms. The predicted molar refractivity (Wildman–Crippen MR) is 109 cm³/mol. The molecule has 1 amide bonds. The van der Waals surface area contributed by atoms with E-state index in [-0.39, 0.29) is 39.7 Å². The van der Waals surface area contributed by atoms with Crippen molar-refractivity contribution >= 4 is 50.7 Å². The summed E-state index contributed by atoms with van der Waals surface area (Å²) in [4.78, 5) is 12.3. The molecule has 0 bridgehead atoms. The first-order valence-electron chi connectivity index (χ1n) is 8.44. The molecule has 0 aliphatic heterocycles. The second kappa shape index (κ2) is 8.88. The fourth-order valence-electron chi connectivity index (χ4n) is 2.38. The quantitative estimate of drug-likeness (QED) is 0.582. The first-order valence-corrected chi connectivity index (χ1v) is 11.1. The third-order valence-electron chi connectivity index (χ3n) is 3.91. The molecular weight excluding hydrogens is 447 g/mol. The number of carbonyl (C=O) groups excluding carboxylic acids is 1. The van der Waals surface area contributed by atoms with Gasteiger partial charge in [-0.1, -0.05) is 40.9 Å². The highest BCUT2D eigenvalue weighted by molar-refractivity contribution is 7.89. The van der Waals surface area contributed by atoms with Crippen molar-refractivity contribution in [3.8, 4) is 5.75 Å². The van der Waals surface area contributed by atoms with Gasteiger partial charge in [0.2, 0.25) is 10.0 Å². The molecule has 2 aromatic rings. The molecule has 0 spiro atoms. The Bertz CT molecular complexity index is 994. The molecular formula is C18H17Cl3N2O4S. The summed E-state index contributed by atoms with van der Waals surface area (Å²) >= 11 is 18.0. The van der Waals surface area contributed by atoms with Gasteiger partial charge >= 0.3 is 0 Å². The number of benzene rings is 2. The van der Waals surface area contributed by atoms with E-state index in [1.807, 2.05) is 0 Å². The van der Waals surface area contributed by atoms with Gasteiger partial charge in [-0.3, -0.25) is 4.79 Å². The van der Waals surface area contributed by atoms with E-state index in [0.29, 0.717) is 10.8 Å². The van der Waals surface area contributed by atoms with Gasteiger partial charge in [0, 0.05) is 11.1 Å². The van der Waals surface area contributed by atoms with Crippen LogP contribution in [0.15, 0.2) is 41.3 Å². The van der Waals surface area contributed by atoms with Gasteiger partial charge in [0.15, 0.2) is 0 Å². The van der Waals surface area contributed by atoms with Crippen LogP contribution in [-0.4, -0.2) is 33.5 Å². The van der Waals surface area contributed by atoms with Crippen LogP contribution in [0.4, 0.5) is 0 Å². The fraction of sp³-hybridized carbons (Fsp3) is 0.278. The first kappa shape index (κ1) is 21.2. The van der Waals surface area contributed by atoms with Crippen LogP contribution in [0.2, 0.25) is 15.1 Å². The average Bonchev–Trinajstić information content (AvgIpc) is 3.41. The highest BCUT2D eigenvalue weighted by atomic mass is 35.5. The van der Waals surface area contributed by atoms with Gasteiger partial charge in [-0.25, -0.2) is 13.1 Å². The SMILES string of the molecule is O=C(NCCOc1cccc(Cl)c1)c1cc(S(=O)(=O)NC2CC2)c(Cl)cc1Cl. The van der Waals surface area contributed by atoms with Gasteiger partial charge in [-0.05, 0) is 43.2 Å². The Kier molecular flexibility index (Phi) is 6.73. The van der Waals surface area contributed by atoms with Crippen molar-refractivity contribution in [1.29, 1.82) is 0 Å². The van der Waals surface area contributed by atoms with E-state index in [4.69, 9.17) is 39.5 Å². The molecule has 1 aliphatic carbocycles. The second-order valence-corrected chi connectivity index (χ2v) is 9.15. The largest absolute Gasteiger partial charge is 0.492 e. The van der Waals surface area contributed by atoms with Crippen molar-refractivity contribution in [1.82, 2.24) is 10.0 Å². The van der Waals surface area contributed by atoms with E-state index in [1.54, 1.807) is 24.3 Å². The monoisotopic (exact) mass is 462 g/mol. The molecule has 0 saturated heterocycles. The van der Waals surface area contributed by atoms with Gasteiger partial charge in [-0.2, -0.15) is 0 Å². The topological polar surface area (TPSA) is 84.5 Å². The normalized spacial score (nSPS) is 14.0. The fourth-order valence-corrected chi connectivity index (χ4v) is 4.72. The summed E-state index contributed by atoms with van der Waals surface area (Å²) in [6, 6.07) is 9.23. The Morgan fingerprint density at radius 2 is 1.86 bits per heavy atom. The molecule has 6 nitrogen and oxygen atoms in total. The lowest BCUT2D eigenvalue weighted by molar-refractivity contribution is 0.0947. The number of carbonyl (C=O) groups is 1. The van der Waals surface area contributed by atoms with Crippen molar-refractivity contribution < 1.29 is 17.9 Å². The van der Waals surface area contributed by atoms with Crippen molar-refractivity contribution in [3.05, 3.63) is 57.0 Å². The summed E-state index contributed by atoms with van der Waals surface area (Å²) in [5.74, 6) is 0.0463. The van der Waals surface area contributed by atoms with Gasteiger partial charge in [0.25, 0.3) is 5.91 Å². The molecule has 0 radical (unpaired) electrons. The lowest BCUT2D eigenvalue weighted by Crippen LogP contribution is -2.29. The number of ether oxygens (including phenoxy) is 1. The summed E-state index contributed by atoms with van der Waals surface area (Å²) in [5.41, 5.74) is 0.0185. The van der Waals surface area contributed by atoms with Gasteiger partial charge in [-0.15, -0.1) is 0 Å². The number of halogens is 3. The molecule has 2 aromatic carbocycles. The summed E-state index contributed by atoms with van der Waals surface area (Å²) in [7, 11) is -3.82. The number of amides is 1. The van der Waals surface area contributed by atoms with Crippen LogP contribution in [0, 0.1) is 0 Å². The Morgan fingerprint density at radius 3 is 2.54 bits per heavy atom. The molecule has 0 unspecified atom stereocenters. The van der Waals surface area contributed by atoms with E-state index < -0.39 is 15.9 Å². The first-order chi connectivity index (χ1) is 13.3. The lowest BCUT2D eigenvalue weighted by atomic mass is 10.2. The summed E-state index contributed by atoms with van der Waals surface area (Å²) in [6.07, 6.45) is 1.56. The number of hydrogen-bond donors (Lipinski definition) is 2. The molecule has 28 heavy (non-hydrogen) atoms. The van der Waals surface area contributed by atoms with Crippen LogP contribution in [0.3, 0.4) is 0 Å². The Balaban J connectivity index is 1.65. The third-order valence-corrected chi connectivity index (χ3v) is 6.44. The molecule has 150 valence electrons. The summed E-state index contributed by atoms with van der Waals surface area (Å²) in [5, 5.41) is 3.20. The zero-order valence-electron chi connectivity index (χ0n) is 14.5. The van der Waals surface area contributed by atoms with Crippen molar-refractivity contribution in [2.75, 3.05) is 13.2 Å². The van der Waals surface area contributed by atoms with Gasteiger partial charge in [0.05, 0.1) is 22.2 Å². The van der Waals surface area contributed by atoms with Gasteiger partial charge < -0.3 is 10.1 Å². The minimum absolute atomic E-state index is 0.0185. The highest BCUT2D eigenvalue weighted by Gasteiger charge is 2.30. The maximum Gasteiger partial charge on any atom is 0.252 e. The highest BCUT2D eigenvalue weighted by Crippen LogP contribution is 2.30. The van der Waals surface area contributed by atoms with Crippen LogP contribution >= 0.6 is 34.8 Å².